The summed E-state index contributed by atoms with van der Waals surface area (Å²) in [4.78, 5) is 14.2. The van der Waals surface area contributed by atoms with Crippen molar-refractivity contribution >= 4 is 28.7 Å². The number of hydroxylamine groups is 2. The van der Waals surface area contributed by atoms with Crippen LogP contribution in [0.4, 0.5) is 4.79 Å². The van der Waals surface area contributed by atoms with Gasteiger partial charge in [-0.1, -0.05) is 17.9 Å². The number of amides is 2. The summed E-state index contributed by atoms with van der Waals surface area (Å²) in [6.07, 6.45) is 0.910. The van der Waals surface area contributed by atoms with Crippen LogP contribution < -0.4 is 5.73 Å². The fraction of sp³-hybridized carbons (Fsp3) is 0.214. The SMILES string of the molecule is C[C@H](C#Cc1ccc(Cc2cccs2)s1)N(O)C(N)=O. The molecule has 0 spiro atoms. The molecule has 2 heterocycles. The first kappa shape index (κ1) is 14.6. The highest BCUT2D eigenvalue weighted by Gasteiger charge is 2.11. The number of primary amides is 1. The first-order valence-corrected chi connectivity index (χ1v) is 7.66. The standard InChI is InChI=1S/C14H14N2O2S2/c1-10(16(18)14(15)17)4-5-11-6-7-13(20-11)9-12-3-2-8-19-12/h2-3,6-8,10,18H,9H2,1H3,(H2,15,17)/t10-/m1/s1. The predicted molar refractivity (Wildman–Crippen MR) is 81.0 cm³/mol. The number of rotatable bonds is 3. The average Bonchev–Trinajstić information content (AvgIpc) is 3.07. The minimum atomic E-state index is -0.906. The molecule has 0 bridgehead atoms. The lowest BCUT2D eigenvalue weighted by atomic mass is 10.3. The number of carbonyl (C=O) groups excluding carboxylic acids is 1. The van der Waals surface area contributed by atoms with Crippen molar-refractivity contribution in [1.82, 2.24) is 5.06 Å². The minimum Gasteiger partial charge on any atom is -0.350 e. The van der Waals surface area contributed by atoms with Crippen molar-refractivity contribution in [2.75, 3.05) is 0 Å². The Morgan fingerprint density at radius 3 is 2.90 bits per heavy atom. The van der Waals surface area contributed by atoms with Crippen LogP contribution in [0.25, 0.3) is 0 Å². The molecule has 0 saturated carbocycles. The van der Waals surface area contributed by atoms with Crippen molar-refractivity contribution in [3.63, 3.8) is 0 Å². The molecular formula is C14H14N2O2S2. The Balaban J connectivity index is 2.01. The van der Waals surface area contributed by atoms with Crippen molar-refractivity contribution in [2.24, 2.45) is 5.73 Å². The first-order valence-electron chi connectivity index (χ1n) is 5.96. The van der Waals surface area contributed by atoms with Crippen LogP contribution in [-0.2, 0) is 6.42 Å². The molecule has 0 aliphatic rings. The molecule has 4 nitrogen and oxygen atoms in total. The smallest absolute Gasteiger partial charge is 0.339 e. The minimum absolute atomic E-state index is 0.424. The van der Waals surface area contributed by atoms with Crippen LogP contribution in [0.5, 0.6) is 0 Å². The largest absolute Gasteiger partial charge is 0.350 e. The van der Waals surface area contributed by atoms with E-state index in [1.54, 1.807) is 29.6 Å². The van der Waals surface area contributed by atoms with Crippen LogP contribution in [-0.4, -0.2) is 22.3 Å². The Bertz CT molecular complexity index is 638. The second-order valence-corrected chi connectivity index (χ2v) is 6.35. The quantitative estimate of drug-likeness (QED) is 0.520. The monoisotopic (exact) mass is 306 g/mol. The second-order valence-electron chi connectivity index (χ2n) is 4.15. The Morgan fingerprint density at radius 1 is 1.45 bits per heavy atom. The van der Waals surface area contributed by atoms with Crippen molar-refractivity contribution in [3.8, 4) is 11.8 Å². The molecule has 0 saturated heterocycles. The molecule has 3 N–H and O–H groups in total. The third kappa shape index (κ3) is 3.84. The summed E-state index contributed by atoms with van der Waals surface area (Å²) in [5, 5.41) is 11.8. The van der Waals surface area contributed by atoms with Gasteiger partial charge in [-0.2, -0.15) is 5.06 Å². The van der Waals surface area contributed by atoms with E-state index in [1.165, 1.54) is 9.75 Å². The molecule has 20 heavy (non-hydrogen) atoms. The number of hydrogen-bond donors (Lipinski definition) is 2. The number of hydrogen-bond acceptors (Lipinski definition) is 4. The van der Waals surface area contributed by atoms with E-state index in [9.17, 15) is 10.0 Å². The Labute approximate surface area is 125 Å². The van der Waals surface area contributed by atoms with Gasteiger partial charge in [-0.15, -0.1) is 22.7 Å². The Morgan fingerprint density at radius 2 is 2.25 bits per heavy atom. The van der Waals surface area contributed by atoms with Crippen LogP contribution in [0.1, 0.15) is 21.6 Å². The fourth-order valence-electron chi connectivity index (χ4n) is 1.55. The van der Waals surface area contributed by atoms with E-state index in [0.717, 1.165) is 11.3 Å². The topological polar surface area (TPSA) is 66.6 Å². The van der Waals surface area contributed by atoms with Gasteiger partial charge in [-0.25, -0.2) is 4.79 Å². The van der Waals surface area contributed by atoms with Gasteiger partial charge in [0.25, 0.3) is 0 Å². The summed E-state index contributed by atoms with van der Waals surface area (Å²) >= 11 is 3.34. The molecule has 1 atom stereocenters. The summed E-state index contributed by atoms with van der Waals surface area (Å²) in [6, 6.07) is 6.60. The molecule has 2 amide bonds. The number of nitrogens with two attached hydrogens (primary N) is 1. The number of thiophene rings is 2. The normalized spacial score (nSPS) is 11.5. The van der Waals surface area contributed by atoms with Gasteiger partial charge in [0.2, 0.25) is 0 Å². The molecule has 104 valence electrons. The predicted octanol–water partition coefficient (Wildman–Crippen LogP) is 2.91. The Kier molecular flexibility index (Phi) is 4.79. The summed E-state index contributed by atoms with van der Waals surface area (Å²) in [6.45, 7) is 1.61. The van der Waals surface area contributed by atoms with Gasteiger partial charge < -0.3 is 5.73 Å². The van der Waals surface area contributed by atoms with Crippen LogP contribution in [0.15, 0.2) is 29.6 Å². The van der Waals surface area contributed by atoms with Crippen molar-refractivity contribution < 1.29 is 10.0 Å². The maximum Gasteiger partial charge on any atom is 0.339 e. The van der Waals surface area contributed by atoms with Gasteiger partial charge in [-0.05, 0) is 30.5 Å². The average molecular weight is 306 g/mol. The van der Waals surface area contributed by atoms with E-state index in [0.29, 0.717) is 5.06 Å². The molecule has 0 aromatic carbocycles. The van der Waals surface area contributed by atoms with Gasteiger partial charge in [-0.3, -0.25) is 5.21 Å². The molecule has 2 aromatic rings. The molecular weight excluding hydrogens is 292 g/mol. The van der Waals surface area contributed by atoms with Gasteiger partial charge in [0.05, 0.1) is 4.88 Å². The summed E-state index contributed by atoms with van der Waals surface area (Å²) in [5.74, 6) is 5.73. The summed E-state index contributed by atoms with van der Waals surface area (Å²) < 4.78 is 0. The zero-order valence-electron chi connectivity index (χ0n) is 10.9. The van der Waals surface area contributed by atoms with Gasteiger partial charge >= 0.3 is 6.03 Å². The molecule has 0 fully saturated rings. The van der Waals surface area contributed by atoms with Crippen LogP contribution in [0, 0.1) is 11.8 Å². The molecule has 0 radical (unpaired) electrons. The maximum absolute atomic E-state index is 10.8. The number of carbonyl (C=O) groups is 1. The highest BCUT2D eigenvalue weighted by Crippen LogP contribution is 2.21. The zero-order valence-corrected chi connectivity index (χ0v) is 12.5. The fourth-order valence-corrected chi connectivity index (χ4v) is 3.26. The van der Waals surface area contributed by atoms with E-state index in [1.807, 2.05) is 18.2 Å². The van der Waals surface area contributed by atoms with E-state index in [2.05, 4.69) is 23.3 Å². The molecule has 2 rings (SSSR count). The van der Waals surface area contributed by atoms with Crippen LogP contribution in [0.2, 0.25) is 0 Å². The van der Waals surface area contributed by atoms with E-state index in [-0.39, 0.29) is 0 Å². The lowest BCUT2D eigenvalue weighted by Gasteiger charge is -2.14. The third-order valence-electron chi connectivity index (χ3n) is 2.59. The van der Waals surface area contributed by atoms with Crippen molar-refractivity contribution in [2.45, 2.75) is 19.4 Å². The highest BCUT2D eigenvalue weighted by molar-refractivity contribution is 7.13. The third-order valence-corrected chi connectivity index (χ3v) is 4.46. The first-order chi connectivity index (χ1) is 9.56. The van der Waals surface area contributed by atoms with Gasteiger partial charge in [0.1, 0.15) is 6.04 Å². The summed E-state index contributed by atoms with van der Waals surface area (Å²) in [7, 11) is 0. The Hall–Kier alpha value is -1.81. The summed E-state index contributed by atoms with van der Waals surface area (Å²) in [5.41, 5.74) is 4.96. The molecule has 2 aromatic heterocycles. The molecule has 0 aliphatic carbocycles. The maximum atomic E-state index is 10.8. The van der Waals surface area contributed by atoms with E-state index < -0.39 is 12.1 Å². The second kappa shape index (κ2) is 6.57. The van der Waals surface area contributed by atoms with Crippen molar-refractivity contribution in [1.29, 1.82) is 0 Å². The molecule has 0 unspecified atom stereocenters. The van der Waals surface area contributed by atoms with Crippen molar-refractivity contribution in [3.05, 3.63) is 44.3 Å². The van der Waals surface area contributed by atoms with Gasteiger partial charge in [0, 0.05) is 16.2 Å². The number of nitrogens with zero attached hydrogens (tertiary/aromatic N) is 1. The van der Waals surface area contributed by atoms with E-state index >= 15 is 0 Å². The van der Waals surface area contributed by atoms with Crippen LogP contribution >= 0.6 is 22.7 Å². The molecule has 0 aliphatic heterocycles. The molecule has 6 heteroatoms. The zero-order chi connectivity index (χ0) is 14.5. The lowest BCUT2D eigenvalue weighted by molar-refractivity contribution is -0.0536. The van der Waals surface area contributed by atoms with E-state index in [4.69, 9.17) is 5.73 Å². The lowest BCUT2D eigenvalue weighted by Crippen LogP contribution is -2.38. The highest BCUT2D eigenvalue weighted by atomic mass is 32.1. The van der Waals surface area contributed by atoms with Gasteiger partial charge in [0.15, 0.2) is 0 Å². The number of urea groups is 1. The van der Waals surface area contributed by atoms with Crippen LogP contribution in [0.3, 0.4) is 0 Å².